The number of nitrogens with zero attached hydrogens (tertiary/aromatic N) is 1. The first kappa shape index (κ1) is 32.5. The fourth-order valence-electron chi connectivity index (χ4n) is 1.97. The average molecular weight is 536 g/mol. The second-order valence-corrected chi connectivity index (χ2v) is 9.16. The lowest BCUT2D eigenvalue weighted by Gasteiger charge is -2.17. The lowest BCUT2D eigenvalue weighted by molar-refractivity contribution is -0.0142. The van der Waals surface area contributed by atoms with Crippen molar-refractivity contribution in [3.8, 4) is 0 Å². The highest BCUT2D eigenvalue weighted by Gasteiger charge is 2.39. The van der Waals surface area contributed by atoms with Crippen LogP contribution in [0.25, 0.3) is 0 Å². The van der Waals surface area contributed by atoms with E-state index >= 15 is 0 Å². The van der Waals surface area contributed by atoms with E-state index in [0.29, 0.717) is 4.64 Å². The van der Waals surface area contributed by atoms with Crippen molar-refractivity contribution in [2.75, 3.05) is 0 Å². The standard InChI is InChI=1S/C10H14N2O3S.3H3O4P/c1-5-8(13)6(2)15-9(5)12-4-3-7(16)11-10(12)14;3*1-5(2,3)4/h3-6,8-9,13H,1-2H3,(H,11,14,16);3*(H3,1,2,3,4)/t5-,6-,8+,9-;;;/m1.../s1. The molecule has 31 heavy (non-hydrogen) atoms. The van der Waals surface area contributed by atoms with Crippen LogP contribution < -0.4 is 5.69 Å². The number of aliphatic hydroxyl groups is 1. The number of aliphatic hydroxyl groups excluding tert-OH is 1. The van der Waals surface area contributed by atoms with Crippen molar-refractivity contribution >= 4 is 35.7 Å². The van der Waals surface area contributed by atoms with Crippen molar-refractivity contribution in [2.24, 2.45) is 5.92 Å². The first-order chi connectivity index (χ1) is 13.5. The first-order valence-electron chi connectivity index (χ1n) is 7.50. The van der Waals surface area contributed by atoms with Crippen LogP contribution in [0.5, 0.6) is 0 Å². The van der Waals surface area contributed by atoms with Gasteiger partial charge in [-0.1, -0.05) is 19.1 Å². The van der Waals surface area contributed by atoms with E-state index in [4.69, 9.17) is 74.7 Å². The van der Waals surface area contributed by atoms with Crippen LogP contribution in [0.2, 0.25) is 0 Å². The molecular weight excluding hydrogens is 513 g/mol. The second-order valence-electron chi connectivity index (χ2n) is 5.64. The molecule has 0 unspecified atom stereocenters. The summed E-state index contributed by atoms with van der Waals surface area (Å²) >= 11 is 4.85. The summed E-state index contributed by atoms with van der Waals surface area (Å²) in [6.07, 6.45) is 0.326. The summed E-state index contributed by atoms with van der Waals surface area (Å²) in [5.74, 6) is -0.128. The Kier molecular flexibility index (Phi) is 13.8. The molecule has 1 aromatic rings. The van der Waals surface area contributed by atoms with Gasteiger partial charge in [-0.2, -0.15) is 0 Å². The summed E-state index contributed by atoms with van der Waals surface area (Å²) in [7, 11) is -13.9. The highest BCUT2D eigenvalue weighted by Crippen LogP contribution is 2.33. The maximum atomic E-state index is 11.7. The largest absolute Gasteiger partial charge is 0.466 e. The number of rotatable bonds is 1. The van der Waals surface area contributed by atoms with Crippen LogP contribution in [0, 0.1) is 10.6 Å². The topological polar surface area (TPSA) is 301 Å². The molecule has 0 bridgehead atoms. The molecule has 0 amide bonds. The van der Waals surface area contributed by atoms with Crippen LogP contribution in [0.15, 0.2) is 17.1 Å². The maximum Gasteiger partial charge on any atom is 0.466 e. The molecular formula is C10H23N2O15P3S. The molecule has 0 aliphatic carbocycles. The molecule has 0 saturated carbocycles. The SMILES string of the molecule is C[C@@H]1[C@H](O)[C@@H](C)O[C@H]1n1ccc(=S)[nH]c1=O.O=P(O)(O)O.O=P(O)(O)O.O=P(O)(O)O. The van der Waals surface area contributed by atoms with Gasteiger partial charge in [0.1, 0.15) is 10.9 Å². The molecule has 21 heteroatoms. The highest BCUT2D eigenvalue weighted by molar-refractivity contribution is 7.71. The lowest BCUT2D eigenvalue weighted by atomic mass is 10.0. The Morgan fingerprint density at radius 2 is 1.29 bits per heavy atom. The highest BCUT2D eigenvalue weighted by atomic mass is 32.1. The van der Waals surface area contributed by atoms with E-state index in [1.54, 1.807) is 19.2 Å². The minimum absolute atomic E-state index is 0.128. The predicted octanol–water partition coefficient (Wildman–Crippen LogP) is -1.97. The third-order valence-electron chi connectivity index (χ3n) is 2.95. The molecule has 1 fully saturated rings. The van der Waals surface area contributed by atoms with Crippen LogP contribution >= 0.6 is 35.7 Å². The van der Waals surface area contributed by atoms with Crippen molar-refractivity contribution in [3.63, 3.8) is 0 Å². The third-order valence-corrected chi connectivity index (χ3v) is 3.19. The summed E-state index contributed by atoms with van der Waals surface area (Å²) < 4.78 is 34.0. The Balaban J connectivity index is 0. The molecule has 1 aromatic heterocycles. The van der Waals surface area contributed by atoms with E-state index in [1.165, 1.54) is 4.57 Å². The van der Waals surface area contributed by atoms with E-state index in [0.717, 1.165) is 0 Å². The second kappa shape index (κ2) is 13.2. The zero-order valence-corrected chi connectivity index (χ0v) is 19.2. The molecule has 17 nitrogen and oxygen atoms in total. The van der Waals surface area contributed by atoms with Crippen LogP contribution in [-0.2, 0) is 18.4 Å². The molecule has 1 aliphatic rings. The molecule has 2 heterocycles. The maximum absolute atomic E-state index is 11.7. The van der Waals surface area contributed by atoms with Gasteiger partial charge in [-0.05, 0) is 13.0 Å². The van der Waals surface area contributed by atoms with Crippen LogP contribution in [-0.4, -0.2) is 70.9 Å². The van der Waals surface area contributed by atoms with E-state index in [-0.39, 0.29) is 17.7 Å². The molecule has 4 atom stereocenters. The Morgan fingerprint density at radius 1 is 0.935 bits per heavy atom. The van der Waals surface area contributed by atoms with Crippen molar-refractivity contribution in [3.05, 3.63) is 27.4 Å². The van der Waals surface area contributed by atoms with Crippen molar-refractivity contribution < 1.29 is 67.6 Å². The number of aromatic nitrogens is 2. The smallest absolute Gasteiger partial charge is 0.390 e. The van der Waals surface area contributed by atoms with Crippen LogP contribution in [0.1, 0.15) is 20.1 Å². The fraction of sp³-hybridized carbons (Fsp3) is 0.600. The number of aromatic amines is 1. The molecule has 0 radical (unpaired) electrons. The summed E-state index contributed by atoms with van der Waals surface area (Å²) in [5.41, 5.74) is -0.314. The molecule has 2 rings (SSSR count). The van der Waals surface area contributed by atoms with Gasteiger partial charge in [0, 0.05) is 12.1 Å². The predicted molar refractivity (Wildman–Crippen MR) is 103 cm³/mol. The van der Waals surface area contributed by atoms with Gasteiger partial charge >= 0.3 is 29.2 Å². The Labute approximate surface area is 179 Å². The zero-order valence-electron chi connectivity index (χ0n) is 15.7. The van der Waals surface area contributed by atoms with Gasteiger partial charge in [-0.15, -0.1) is 0 Å². The van der Waals surface area contributed by atoms with Crippen molar-refractivity contribution in [1.29, 1.82) is 0 Å². The van der Waals surface area contributed by atoms with E-state index in [1.807, 2.05) is 6.92 Å². The number of nitrogens with one attached hydrogen (secondary N) is 1. The quantitative estimate of drug-likeness (QED) is 0.137. The van der Waals surface area contributed by atoms with E-state index in [9.17, 15) is 9.90 Å². The number of phosphoric acid groups is 3. The van der Waals surface area contributed by atoms with Gasteiger partial charge in [0.15, 0.2) is 0 Å². The number of ether oxygens (including phenoxy) is 1. The van der Waals surface area contributed by atoms with Gasteiger partial charge in [0.05, 0.1) is 12.2 Å². The van der Waals surface area contributed by atoms with E-state index in [2.05, 4.69) is 4.98 Å². The number of H-pyrrole nitrogens is 1. The molecule has 184 valence electrons. The van der Waals surface area contributed by atoms with E-state index < -0.39 is 35.8 Å². The summed E-state index contributed by atoms with van der Waals surface area (Å²) in [6, 6.07) is 1.63. The molecule has 1 aliphatic heterocycles. The molecule has 0 spiro atoms. The van der Waals surface area contributed by atoms with Crippen LogP contribution in [0.3, 0.4) is 0 Å². The van der Waals surface area contributed by atoms with Gasteiger partial charge in [-0.25, -0.2) is 18.5 Å². The fourth-order valence-corrected chi connectivity index (χ4v) is 2.12. The van der Waals surface area contributed by atoms with Crippen molar-refractivity contribution in [1.82, 2.24) is 9.55 Å². The monoisotopic (exact) mass is 536 g/mol. The van der Waals surface area contributed by atoms with Gasteiger partial charge in [-0.3, -0.25) is 9.55 Å². The van der Waals surface area contributed by atoms with Crippen molar-refractivity contribution in [2.45, 2.75) is 32.3 Å². The molecule has 0 aromatic carbocycles. The molecule has 11 N–H and O–H groups in total. The first-order valence-corrected chi connectivity index (χ1v) is 12.6. The lowest BCUT2D eigenvalue weighted by Crippen LogP contribution is -2.30. The normalized spacial score (nSPS) is 23.4. The Morgan fingerprint density at radius 3 is 1.55 bits per heavy atom. The minimum Gasteiger partial charge on any atom is -0.390 e. The van der Waals surface area contributed by atoms with Gasteiger partial charge in [0.25, 0.3) is 0 Å². The summed E-state index contributed by atoms with van der Waals surface area (Å²) in [6.45, 7) is 3.64. The summed E-state index contributed by atoms with van der Waals surface area (Å²) in [4.78, 5) is 78.9. The van der Waals surface area contributed by atoms with Gasteiger partial charge < -0.3 is 53.9 Å². The van der Waals surface area contributed by atoms with Gasteiger partial charge in [0.2, 0.25) is 0 Å². The number of hydrogen-bond acceptors (Lipinski definition) is 7. The average Bonchev–Trinajstić information content (AvgIpc) is 2.70. The van der Waals surface area contributed by atoms with Crippen LogP contribution in [0.4, 0.5) is 0 Å². The Bertz CT molecular complexity index is 859. The number of hydrogen-bond donors (Lipinski definition) is 11. The zero-order chi connectivity index (χ0) is 25.4. The molecule has 1 saturated heterocycles. The third kappa shape index (κ3) is 21.0. The Hall–Kier alpha value is -0.650. The summed E-state index contributed by atoms with van der Waals surface area (Å²) in [5, 5.41) is 9.77. The minimum atomic E-state index is -4.64.